The molecular formula is C15H16ClN3OS2. The van der Waals surface area contributed by atoms with Gasteiger partial charge >= 0.3 is 0 Å². The molecule has 7 heteroatoms. The van der Waals surface area contributed by atoms with Crippen LogP contribution in [0.3, 0.4) is 0 Å². The number of thiazole rings is 1. The Balaban J connectivity index is 1.99. The van der Waals surface area contributed by atoms with E-state index in [0.717, 1.165) is 14.6 Å². The van der Waals surface area contributed by atoms with Crippen LogP contribution in [0.1, 0.15) is 20.8 Å². The highest BCUT2D eigenvalue weighted by molar-refractivity contribution is 8.01. The van der Waals surface area contributed by atoms with Crippen LogP contribution in [-0.4, -0.2) is 22.2 Å². The molecule has 1 amide bonds. The van der Waals surface area contributed by atoms with Gasteiger partial charge in [0.2, 0.25) is 5.91 Å². The minimum atomic E-state index is -0.848. The summed E-state index contributed by atoms with van der Waals surface area (Å²) < 4.78 is 1.85. The second-order valence-corrected chi connectivity index (χ2v) is 8.09. The number of nitriles is 1. The zero-order chi connectivity index (χ0) is 16.3. The van der Waals surface area contributed by atoms with E-state index >= 15 is 0 Å². The van der Waals surface area contributed by atoms with Crippen LogP contribution in [0.25, 0.3) is 10.2 Å². The number of rotatable bonds is 5. The summed E-state index contributed by atoms with van der Waals surface area (Å²) in [4.78, 5) is 16.5. The van der Waals surface area contributed by atoms with Crippen LogP contribution in [0.5, 0.6) is 0 Å². The number of fused-ring (bicyclic) bond motifs is 1. The number of carbonyl (C=O) groups excluding carboxylic acids is 1. The lowest BCUT2D eigenvalue weighted by molar-refractivity contribution is -0.120. The maximum Gasteiger partial charge on any atom is 0.231 e. The minimum Gasteiger partial charge on any atom is -0.337 e. The number of carbonyl (C=O) groups is 1. The number of hydrogen-bond acceptors (Lipinski definition) is 5. The summed E-state index contributed by atoms with van der Waals surface area (Å²) in [5.41, 5.74) is -0.0110. The van der Waals surface area contributed by atoms with Crippen LogP contribution in [0.2, 0.25) is 5.02 Å². The lowest BCUT2D eigenvalue weighted by Gasteiger charge is -2.27. The first-order chi connectivity index (χ1) is 10.3. The smallest absolute Gasteiger partial charge is 0.231 e. The van der Waals surface area contributed by atoms with Gasteiger partial charge in [-0.15, -0.1) is 11.3 Å². The standard InChI is InChI=1S/C15H16ClN3OS2/c1-9(2)15(3,8-17)19-13(20)7-21-14-18-11-6-10(16)4-5-12(11)22-14/h4-6,9H,7H2,1-3H3,(H,19,20)/t15-/m1/s1. The predicted molar refractivity (Wildman–Crippen MR) is 92.4 cm³/mol. The lowest BCUT2D eigenvalue weighted by Crippen LogP contribution is -2.49. The largest absolute Gasteiger partial charge is 0.337 e. The Bertz CT molecular complexity index is 738. The van der Waals surface area contributed by atoms with E-state index in [2.05, 4.69) is 16.4 Å². The SMILES string of the molecule is CC(C)[C@@](C)(C#N)NC(=O)CSc1nc2cc(Cl)ccc2s1. The van der Waals surface area contributed by atoms with Gasteiger partial charge in [0.25, 0.3) is 0 Å². The number of nitrogens with one attached hydrogen (secondary N) is 1. The fraction of sp³-hybridized carbons (Fsp3) is 0.400. The maximum atomic E-state index is 12.0. The molecule has 1 N–H and O–H groups in total. The Labute approximate surface area is 142 Å². The summed E-state index contributed by atoms with van der Waals surface area (Å²) in [6.45, 7) is 5.56. The van der Waals surface area contributed by atoms with Gasteiger partial charge in [-0.3, -0.25) is 4.79 Å². The third kappa shape index (κ3) is 3.92. The molecule has 1 atom stereocenters. The van der Waals surface area contributed by atoms with Crippen molar-refractivity contribution >= 4 is 50.8 Å². The molecule has 0 unspecified atom stereocenters. The second kappa shape index (κ2) is 6.86. The highest BCUT2D eigenvalue weighted by atomic mass is 35.5. The Kier molecular flexibility index (Phi) is 5.32. The highest BCUT2D eigenvalue weighted by Crippen LogP contribution is 2.31. The molecule has 0 saturated carbocycles. The van der Waals surface area contributed by atoms with Crippen LogP contribution < -0.4 is 5.32 Å². The van der Waals surface area contributed by atoms with E-state index in [9.17, 15) is 10.1 Å². The van der Waals surface area contributed by atoms with Crippen molar-refractivity contribution in [3.63, 3.8) is 0 Å². The summed E-state index contributed by atoms with van der Waals surface area (Å²) in [6.07, 6.45) is 0. The maximum absolute atomic E-state index is 12.0. The van der Waals surface area contributed by atoms with Crippen LogP contribution >= 0.6 is 34.7 Å². The van der Waals surface area contributed by atoms with Crippen molar-refractivity contribution in [3.8, 4) is 6.07 Å². The molecular weight excluding hydrogens is 338 g/mol. The van der Waals surface area contributed by atoms with Crippen molar-refractivity contribution in [1.29, 1.82) is 5.26 Å². The molecule has 1 aromatic heterocycles. The third-order valence-corrected chi connectivity index (χ3v) is 5.86. The molecule has 2 aromatic rings. The predicted octanol–water partition coefficient (Wildman–Crippen LogP) is 4.10. The van der Waals surface area contributed by atoms with Gasteiger partial charge < -0.3 is 5.32 Å². The van der Waals surface area contributed by atoms with E-state index in [-0.39, 0.29) is 17.6 Å². The number of nitrogens with zero attached hydrogens (tertiary/aromatic N) is 2. The molecule has 1 heterocycles. The van der Waals surface area contributed by atoms with Crippen LogP contribution in [0.15, 0.2) is 22.5 Å². The number of benzene rings is 1. The van der Waals surface area contributed by atoms with Crippen LogP contribution in [0.4, 0.5) is 0 Å². The average Bonchev–Trinajstić information content (AvgIpc) is 2.86. The van der Waals surface area contributed by atoms with E-state index in [4.69, 9.17) is 11.6 Å². The first-order valence-corrected chi connectivity index (χ1v) is 8.93. The molecule has 0 aliphatic heterocycles. The molecule has 0 radical (unpaired) electrons. The van der Waals surface area contributed by atoms with Crippen molar-refractivity contribution in [2.45, 2.75) is 30.6 Å². The van der Waals surface area contributed by atoms with Gasteiger partial charge in [0.05, 0.1) is 22.0 Å². The molecule has 4 nitrogen and oxygen atoms in total. The van der Waals surface area contributed by atoms with Crippen molar-refractivity contribution in [1.82, 2.24) is 10.3 Å². The van der Waals surface area contributed by atoms with Crippen molar-refractivity contribution in [3.05, 3.63) is 23.2 Å². The Morgan fingerprint density at radius 1 is 1.59 bits per heavy atom. The second-order valence-electron chi connectivity index (χ2n) is 5.40. The minimum absolute atomic E-state index is 0.0380. The van der Waals surface area contributed by atoms with Gasteiger partial charge in [0.15, 0.2) is 4.34 Å². The number of halogens is 1. The first-order valence-electron chi connectivity index (χ1n) is 6.75. The van der Waals surface area contributed by atoms with Gasteiger partial charge in [-0.05, 0) is 31.0 Å². The molecule has 22 heavy (non-hydrogen) atoms. The van der Waals surface area contributed by atoms with Gasteiger partial charge in [0, 0.05) is 5.02 Å². The van der Waals surface area contributed by atoms with Gasteiger partial charge in [0.1, 0.15) is 5.54 Å². The molecule has 0 spiro atoms. The van der Waals surface area contributed by atoms with E-state index in [1.807, 2.05) is 32.0 Å². The van der Waals surface area contributed by atoms with E-state index < -0.39 is 5.54 Å². The fourth-order valence-corrected chi connectivity index (χ4v) is 3.71. The molecule has 0 bridgehead atoms. The lowest BCUT2D eigenvalue weighted by atomic mass is 9.90. The van der Waals surface area contributed by atoms with Gasteiger partial charge in [-0.1, -0.05) is 37.2 Å². The van der Waals surface area contributed by atoms with Gasteiger partial charge in [-0.25, -0.2) is 4.98 Å². The number of aromatic nitrogens is 1. The number of thioether (sulfide) groups is 1. The Hall–Kier alpha value is -1.29. The molecule has 0 aliphatic carbocycles. The summed E-state index contributed by atoms with van der Waals surface area (Å²) >= 11 is 8.83. The fourth-order valence-electron chi connectivity index (χ4n) is 1.70. The van der Waals surface area contributed by atoms with Crippen LogP contribution in [0, 0.1) is 17.2 Å². The van der Waals surface area contributed by atoms with Crippen LogP contribution in [-0.2, 0) is 4.79 Å². The van der Waals surface area contributed by atoms with E-state index in [1.54, 1.807) is 6.92 Å². The summed E-state index contributed by atoms with van der Waals surface area (Å²) in [5, 5.41) is 12.7. The summed E-state index contributed by atoms with van der Waals surface area (Å²) in [7, 11) is 0. The van der Waals surface area contributed by atoms with Crippen molar-refractivity contribution < 1.29 is 4.79 Å². The number of hydrogen-bond donors (Lipinski definition) is 1. The molecule has 0 fully saturated rings. The highest BCUT2D eigenvalue weighted by Gasteiger charge is 2.29. The summed E-state index contributed by atoms with van der Waals surface area (Å²) in [5.74, 6) is 0.105. The zero-order valence-corrected chi connectivity index (χ0v) is 14.9. The molecule has 0 saturated heterocycles. The average molecular weight is 354 g/mol. The zero-order valence-electron chi connectivity index (χ0n) is 12.5. The van der Waals surface area contributed by atoms with Gasteiger partial charge in [-0.2, -0.15) is 5.26 Å². The van der Waals surface area contributed by atoms with Crippen molar-refractivity contribution in [2.75, 3.05) is 5.75 Å². The molecule has 0 aliphatic rings. The molecule has 116 valence electrons. The Morgan fingerprint density at radius 2 is 2.32 bits per heavy atom. The number of amides is 1. The first kappa shape index (κ1) is 17.1. The van der Waals surface area contributed by atoms with E-state index in [0.29, 0.717) is 5.02 Å². The monoisotopic (exact) mass is 353 g/mol. The van der Waals surface area contributed by atoms with E-state index in [1.165, 1.54) is 23.1 Å². The molecule has 1 aromatic carbocycles. The topological polar surface area (TPSA) is 65.8 Å². The Morgan fingerprint density at radius 3 is 2.95 bits per heavy atom. The quantitative estimate of drug-likeness (QED) is 0.822. The van der Waals surface area contributed by atoms with Crippen molar-refractivity contribution in [2.24, 2.45) is 5.92 Å². The summed E-state index contributed by atoms with van der Waals surface area (Å²) in [6, 6.07) is 7.72. The normalized spacial score (nSPS) is 13.8. The third-order valence-electron chi connectivity index (χ3n) is 3.44. The molecule has 2 rings (SSSR count).